The summed E-state index contributed by atoms with van der Waals surface area (Å²) in [7, 11) is 0. The first-order chi connectivity index (χ1) is 7.38. The Hall–Kier alpha value is -0.150. The van der Waals surface area contributed by atoms with Crippen molar-refractivity contribution in [3.05, 3.63) is 35.6 Å². The van der Waals surface area contributed by atoms with Crippen LogP contribution in [0.15, 0.2) is 35.6 Å². The van der Waals surface area contributed by atoms with E-state index in [4.69, 9.17) is 34.8 Å². The molecule has 1 fully saturated rings. The van der Waals surface area contributed by atoms with E-state index in [1.807, 2.05) is 6.92 Å². The third kappa shape index (κ3) is 2.40. The van der Waals surface area contributed by atoms with Gasteiger partial charge in [-0.2, -0.15) is 0 Å². The van der Waals surface area contributed by atoms with Crippen molar-refractivity contribution in [1.29, 1.82) is 0 Å². The molecule has 2 N–H and O–H groups in total. The van der Waals surface area contributed by atoms with Gasteiger partial charge < -0.3 is 5.32 Å². The highest BCUT2D eigenvalue weighted by atomic mass is 35.6. The second-order valence-corrected chi connectivity index (χ2v) is 6.50. The molecule has 0 aromatic rings. The maximum absolute atomic E-state index is 5.86. The van der Waals surface area contributed by atoms with Crippen LogP contribution in [0.2, 0.25) is 0 Å². The van der Waals surface area contributed by atoms with Crippen molar-refractivity contribution >= 4 is 34.8 Å². The smallest absolute Gasteiger partial charge is 0.223 e. The molecule has 1 aliphatic heterocycles. The molecule has 0 amide bonds. The minimum atomic E-state index is -1.37. The molecule has 1 heterocycles. The van der Waals surface area contributed by atoms with Gasteiger partial charge in [-0.05, 0) is 19.4 Å². The first kappa shape index (κ1) is 12.3. The number of allylic oxidation sites excluding steroid dienone is 3. The molecule has 0 radical (unpaired) electrons. The predicted molar refractivity (Wildman–Crippen MR) is 69.7 cm³/mol. The van der Waals surface area contributed by atoms with E-state index in [1.165, 1.54) is 5.57 Å². The third-order valence-electron chi connectivity index (χ3n) is 2.76. The number of alkyl halides is 3. The summed E-state index contributed by atoms with van der Waals surface area (Å²) in [5.41, 5.74) is 3.29. The van der Waals surface area contributed by atoms with E-state index in [1.54, 1.807) is 0 Å². The van der Waals surface area contributed by atoms with Gasteiger partial charge in [0.15, 0.2) is 0 Å². The highest BCUT2D eigenvalue weighted by Gasteiger charge is 2.41. The molecule has 0 spiro atoms. The predicted octanol–water partition coefficient (Wildman–Crippen LogP) is 3.03. The van der Waals surface area contributed by atoms with E-state index in [9.17, 15) is 0 Å². The first-order valence-corrected chi connectivity index (χ1v) is 6.16. The van der Waals surface area contributed by atoms with Crippen LogP contribution in [0.3, 0.4) is 0 Å². The molecule has 1 aliphatic carbocycles. The minimum Gasteiger partial charge on any atom is -0.368 e. The maximum Gasteiger partial charge on any atom is 0.223 e. The highest BCUT2D eigenvalue weighted by molar-refractivity contribution is 6.68. The number of hydrogen-bond donors (Lipinski definition) is 2. The van der Waals surface area contributed by atoms with Gasteiger partial charge in [0.25, 0.3) is 0 Å². The van der Waals surface area contributed by atoms with Gasteiger partial charge >= 0.3 is 0 Å². The first-order valence-electron chi connectivity index (χ1n) is 5.03. The number of fused-ring (bicyclic) bond motifs is 1. The zero-order valence-electron chi connectivity index (χ0n) is 8.86. The van der Waals surface area contributed by atoms with Crippen molar-refractivity contribution in [3.63, 3.8) is 0 Å². The Morgan fingerprint density at radius 1 is 1.44 bits per heavy atom. The van der Waals surface area contributed by atoms with Gasteiger partial charge in [-0.15, -0.1) is 0 Å². The topological polar surface area (TPSA) is 24.1 Å². The van der Waals surface area contributed by atoms with Gasteiger partial charge in [0.1, 0.15) is 6.17 Å². The number of hydrogen-bond acceptors (Lipinski definition) is 2. The SMILES string of the molecule is C=C1CC=C(C)C=C2NC(C(Cl)(Cl)Cl)NC12. The van der Waals surface area contributed by atoms with Gasteiger partial charge in [0.05, 0.1) is 6.04 Å². The number of nitrogens with one attached hydrogen (secondary N) is 2. The Bertz CT molecular complexity index is 379. The van der Waals surface area contributed by atoms with Gasteiger partial charge in [-0.25, -0.2) is 0 Å². The average Bonchev–Trinajstić information content (AvgIpc) is 2.52. The summed E-state index contributed by atoms with van der Waals surface area (Å²) in [6, 6.07) is 0.0503. The molecular weight excluding hydrogens is 266 g/mol. The number of halogens is 3. The summed E-state index contributed by atoms with van der Waals surface area (Å²) >= 11 is 17.6. The van der Waals surface area contributed by atoms with E-state index in [0.717, 1.165) is 17.7 Å². The molecule has 0 aromatic heterocycles. The van der Waals surface area contributed by atoms with Crippen molar-refractivity contribution in [2.24, 2.45) is 0 Å². The molecule has 0 bridgehead atoms. The van der Waals surface area contributed by atoms with Crippen molar-refractivity contribution in [3.8, 4) is 0 Å². The van der Waals surface area contributed by atoms with Crippen LogP contribution in [0.25, 0.3) is 0 Å². The largest absolute Gasteiger partial charge is 0.368 e. The van der Waals surface area contributed by atoms with Crippen LogP contribution >= 0.6 is 34.8 Å². The van der Waals surface area contributed by atoms with Crippen LogP contribution in [0.5, 0.6) is 0 Å². The van der Waals surface area contributed by atoms with Crippen LogP contribution in [-0.2, 0) is 0 Å². The molecule has 16 heavy (non-hydrogen) atoms. The van der Waals surface area contributed by atoms with Crippen molar-refractivity contribution in [2.75, 3.05) is 0 Å². The molecule has 2 nitrogen and oxygen atoms in total. The Morgan fingerprint density at radius 2 is 2.12 bits per heavy atom. The normalized spacial score (nSPS) is 30.1. The zero-order valence-corrected chi connectivity index (χ0v) is 11.1. The Labute approximate surface area is 110 Å². The minimum absolute atomic E-state index is 0.0503. The van der Waals surface area contributed by atoms with Crippen molar-refractivity contribution in [2.45, 2.75) is 29.3 Å². The highest BCUT2D eigenvalue weighted by Crippen LogP contribution is 2.34. The van der Waals surface area contributed by atoms with Gasteiger partial charge in [0.2, 0.25) is 3.79 Å². The van der Waals surface area contributed by atoms with Crippen LogP contribution in [-0.4, -0.2) is 16.0 Å². The van der Waals surface area contributed by atoms with Crippen LogP contribution in [0.4, 0.5) is 0 Å². The van der Waals surface area contributed by atoms with Crippen molar-refractivity contribution in [1.82, 2.24) is 10.6 Å². The van der Waals surface area contributed by atoms with E-state index in [2.05, 4.69) is 29.4 Å². The van der Waals surface area contributed by atoms with Gasteiger partial charge in [-0.3, -0.25) is 5.32 Å². The summed E-state index contributed by atoms with van der Waals surface area (Å²) in [6.07, 6.45) is 4.67. The van der Waals surface area contributed by atoms with E-state index >= 15 is 0 Å². The Morgan fingerprint density at radius 3 is 2.75 bits per heavy atom. The Balaban J connectivity index is 2.26. The summed E-state index contributed by atoms with van der Waals surface area (Å²) in [5.74, 6) is 0. The van der Waals surface area contributed by atoms with Crippen molar-refractivity contribution < 1.29 is 0 Å². The fourth-order valence-corrected chi connectivity index (χ4v) is 2.25. The molecule has 5 heteroatoms. The second kappa shape index (κ2) is 4.26. The standard InChI is InChI=1S/C11H13Cl3N2/c1-6-3-4-7(2)9-8(5-6)15-10(16-9)11(12,13)14/h3,5,9-10,15-16H,2,4H2,1H3. The molecule has 0 aromatic carbocycles. The lowest BCUT2D eigenvalue weighted by atomic mass is 10.1. The summed E-state index contributed by atoms with van der Waals surface area (Å²) in [4.78, 5) is 0. The summed E-state index contributed by atoms with van der Waals surface area (Å²) in [5, 5.41) is 6.42. The monoisotopic (exact) mass is 278 g/mol. The average molecular weight is 280 g/mol. The molecular formula is C11H13Cl3N2. The Kier molecular flexibility index (Phi) is 3.28. The second-order valence-electron chi connectivity index (χ2n) is 4.13. The molecule has 2 unspecified atom stereocenters. The third-order valence-corrected chi connectivity index (χ3v) is 3.41. The lowest BCUT2D eigenvalue weighted by Gasteiger charge is -2.20. The molecule has 2 aliphatic rings. The molecule has 2 rings (SSSR count). The number of rotatable bonds is 0. The summed E-state index contributed by atoms with van der Waals surface area (Å²) < 4.78 is -1.37. The summed E-state index contributed by atoms with van der Waals surface area (Å²) in [6.45, 7) is 6.10. The fraction of sp³-hybridized carbons (Fsp3) is 0.455. The lowest BCUT2D eigenvalue weighted by molar-refractivity contribution is 0.545. The molecule has 0 saturated carbocycles. The molecule has 1 saturated heterocycles. The quantitative estimate of drug-likeness (QED) is 0.526. The van der Waals surface area contributed by atoms with Crippen LogP contribution in [0.1, 0.15) is 13.3 Å². The maximum atomic E-state index is 5.86. The van der Waals surface area contributed by atoms with Crippen LogP contribution in [0, 0.1) is 0 Å². The van der Waals surface area contributed by atoms with Gasteiger partial charge in [0, 0.05) is 5.70 Å². The van der Waals surface area contributed by atoms with Gasteiger partial charge in [-0.1, -0.05) is 58.6 Å². The van der Waals surface area contributed by atoms with E-state index < -0.39 is 3.79 Å². The zero-order chi connectivity index (χ0) is 11.9. The van der Waals surface area contributed by atoms with Crippen LogP contribution < -0.4 is 10.6 Å². The van der Waals surface area contributed by atoms with E-state index in [-0.39, 0.29) is 12.2 Å². The lowest BCUT2D eigenvalue weighted by Crippen LogP contribution is -2.44. The van der Waals surface area contributed by atoms with E-state index in [0.29, 0.717) is 0 Å². The fourth-order valence-electron chi connectivity index (χ4n) is 1.90. The molecule has 2 atom stereocenters. The molecule has 88 valence electrons.